The number of carbonyl (C=O) groups excluding carboxylic acids is 2. The zero-order chi connectivity index (χ0) is 22.5. The molecule has 2 amide bonds. The maximum absolute atomic E-state index is 12.3. The van der Waals surface area contributed by atoms with Crippen molar-refractivity contribution in [3.05, 3.63) is 64.0 Å². The molecule has 0 bridgehead atoms. The predicted octanol–water partition coefficient (Wildman–Crippen LogP) is 3.08. The molecule has 8 nitrogen and oxygen atoms in total. The molecule has 1 heterocycles. The summed E-state index contributed by atoms with van der Waals surface area (Å²) in [6, 6.07) is 11.4. The van der Waals surface area contributed by atoms with Crippen LogP contribution in [0.2, 0.25) is 0 Å². The lowest BCUT2D eigenvalue weighted by atomic mass is 10.1. The molecule has 0 fully saturated rings. The Hall–Kier alpha value is -3.81. The molecule has 3 rings (SSSR count). The van der Waals surface area contributed by atoms with Crippen molar-refractivity contribution in [2.45, 2.75) is 13.3 Å². The molecule has 162 valence electrons. The lowest BCUT2D eigenvalue weighted by Crippen LogP contribution is -2.23. The fraction of sp³-hybridized carbons (Fsp3) is 0.261. The van der Waals surface area contributed by atoms with Crippen LogP contribution in [0.25, 0.3) is 11.0 Å². The number of nitrogens with zero attached hydrogens (tertiary/aromatic N) is 1. The minimum Gasteiger partial charge on any atom is -0.496 e. The van der Waals surface area contributed by atoms with Crippen LogP contribution in [0.15, 0.2) is 51.7 Å². The van der Waals surface area contributed by atoms with Gasteiger partial charge in [-0.15, -0.1) is 0 Å². The molecule has 31 heavy (non-hydrogen) atoms. The highest BCUT2D eigenvalue weighted by Crippen LogP contribution is 2.25. The van der Waals surface area contributed by atoms with Gasteiger partial charge in [0, 0.05) is 37.3 Å². The van der Waals surface area contributed by atoms with Crippen molar-refractivity contribution in [3.63, 3.8) is 0 Å². The van der Waals surface area contributed by atoms with Crippen molar-refractivity contribution in [2.24, 2.45) is 0 Å². The van der Waals surface area contributed by atoms with Crippen LogP contribution in [-0.4, -0.2) is 44.5 Å². The maximum Gasteiger partial charge on any atom is 0.336 e. The van der Waals surface area contributed by atoms with Gasteiger partial charge in [-0.05, 0) is 42.3 Å². The molecule has 1 aromatic heterocycles. The highest BCUT2D eigenvalue weighted by Gasteiger charge is 2.16. The Bertz CT molecular complexity index is 1180. The van der Waals surface area contributed by atoms with Gasteiger partial charge in [-0.25, -0.2) is 4.79 Å². The maximum atomic E-state index is 12.3. The number of hydrogen-bond donors (Lipinski definition) is 1. The normalized spacial score (nSPS) is 10.6. The molecular formula is C23H24N2O6. The van der Waals surface area contributed by atoms with Crippen LogP contribution in [0.3, 0.4) is 0 Å². The summed E-state index contributed by atoms with van der Waals surface area (Å²) < 4.78 is 16.0. The zero-order valence-electron chi connectivity index (χ0n) is 17.9. The van der Waals surface area contributed by atoms with Gasteiger partial charge in [0.15, 0.2) is 6.61 Å². The Labute approximate surface area is 179 Å². The largest absolute Gasteiger partial charge is 0.496 e. The molecule has 1 N–H and O–H groups in total. The van der Waals surface area contributed by atoms with Crippen LogP contribution in [0.5, 0.6) is 11.5 Å². The molecule has 8 heteroatoms. The molecule has 0 spiro atoms. The smallest absolute Gasteiger partial charge is 0.336 e. The summed E-state index contributed by atoms with van der Waals surface area (Å²) in [5.41, 5.74) is 1.64. The summed E-state index contributed by atoms with van der Waals surface area (Å²) in [4.78, 5) is 37.8. The van der Waals surface area contributed by atoms with E-state index in [9.17, 15) is 14.4 Å². The second-order valence-electron chi connectivity index (χ2n) is 7.05. The minimum atomic E-state index is -0.429. The van der Waals surface area contributed by atoms with Crippen LogP contribution < -0.4 is 20.4 Å². The van der Waals surface area contributed by atoms with Crippen molar-refractivity contribution in [2.75, 3.05) is 33.1 Å². The average Bonchev–Trinajstić information content (AvgIpc) is 2.76. The summed E-state index contributed by atoms with van der Waals surface area (Å²) in [6.45, 7) is 1.70. The topological polar surface area (TPSA) is 98.1 Å². The molecule has 0 aliphatic rings. The van der Waals surface area contributed by atoms with Crippen molar-refractivity contribution < 1.29 is 23.5 Å². The second-order valence-corrected chi connectivity index (χ2v) is 7.05. The number of fused-ring (bicyclic) bond motifs is 1. The Balaban J connectivity index is 1.71. The zero-order valence-corrected chi connectivity index (χ0v) is 17.9. The lowest BCUT2D eigenvalue weighted by molar-refractivity contribution is -0.118. The van der Waals surface area contributed by atoms with E-state index >= 15 is 0 Å². The van der Waals surface area contributed by atoms with Gasteiger partial charge in [0.25, 0.3) is 11.8 Å². The van der Waals surface area contributed by atoms with E-state index in [0.29, 0.717) is 34.8 Å². The third-order valence-corrected chi connectivity index (χ3v) is 4.67. The number of nitrogens with one attached hydrogen (secondary N) is 1. The first-order valence-electron chi connectivity index (χ1n) is 9.71. The highest BCUT2D eigenvalue weighted by atomic mass is 16.5. The van der Waals surface area contributed by atoms with Gasteiger partial charge in [-0.1, -0.05) is 6.92 Å². The van der Waals surface area contributed by atoms with Crippen LogP contribution in [0.1, 0.15) is 22.8 Å². The fourth-order valence-corrected chi connectivity index (χ4v) is 3.13. The van der Waals surface area contributed by atoms with E-state index in [-0.39, 0.29) is 12.5 Å². The Kier molecular flexibility index (Phi) is 6.59. The number of amides is 2. The Morgan fingerprint density at radius 3 is 2.55 bits per heavy atom. The van der Waals surface area contributed by atoms with Gasteiger partial charge in [0.2, 0.25) is 0 Å². The van der Waals surface area contributed by atoms with E-state index in [1.54, 1.807) is 50.5 Å². The standard InChI is InChI=1S/C23H24N2O6/c1-5-14-10-22(27)31-20-12-16(7-8-17(14)20)30-13-21(26)24-15-6-9-19(29-4)18(11-15)23(28)25(2)3/h6-12H,5,13H2,1-4H3,(H,24,26). The van der Waals surface area contributed by atoms with Gasteiger partial charge in [0.1, 0.15) is 17.1 Å². The van der Waals surface area contributed by atoms with E-state index in [1.807, 2.05) is 6.92 Å². The summed E-state index contributed by atoms with van der Waals surface area (Å²) in [6.07, 6.45) is 0.699. The van der Waals surface area contributed by atoms with E-state index in [0.717, 1.165) is 10.9 Å². The molecule has 0 aliphatic carbocycles. The van der Waals surface area contributed by atoms with Gasteiger partial charge in [-0.3, -0.25) is 9.59 Å². The van der Waals surface area contributed by atoms with Gasteiger partial charge in [-0.2, -0.15) is 0 Å². The minimum absolute atomic E-state index is 0.242. The van der Waals surface area contributed by atoms with E-state index in [2.05, 4.69) is 5.32 Å². The number of carbonyl (C=O) groups is 2. The summed E-state index contributed by atoms with van der Waals surface area (Å²) in [5, 5.41) is 3.53. The van der Waals surface area contributed by atoms with Crippen molar-refractivity contribution >= 4 is 28.5 Å². The molecular weight excluding hydrogens is 400 g/mol. The number of ether oxygens (including phenoxy) is 2. The number of anilines is 1. The average molecular weight is 424 g/mol. The molecule has 0 atom stereocenters. The number of rotatable bonds is 7. The van der Waals surface area contributed by atoms with Crippen LogP contribution in [0, 0.1) is 0 Å². The van der Waals surface area contributed by atoms with Gasteiger partial charge in [0.05, 0.1) is 12.7 Å². The number of methoxy groups -OCH3 is 1. The summed E-state index contributed by atoms with van der Waals surface area (Å²) >= 11 is 0. The van der Waals surface area contributed by atoms with Crippen LogP contribution in [-0.2, 0) is 11.2 Å². The van der Waals surface area contributed by atoms with Gasteiger partial charge >= 0.3 is 5.63 Å². The Morgan fingerprint density at radius 1 is 1.10 bits per heavy atom. The predicted molar refractivity (Wildman–Crippen MR) is 117 cm³/mol. The van der Waals surface area contributed by atoms with Crippen LogP contribution in [0.4, 0.5) is 5.69 Å². The molecule has 3 aromatic rings. The summed E-state index contributed by atoms with van der Waals surface area (Å²) in [7, 11) is 4.74. The monoisotopic (exact) mass is 424 g/mol. The lowest BCUT2D eigenvalue weighted by Gasteiger charge is -2.15. The second kappa shape index (κ2) is 9.34. The van der Waals surface area contributed by atoms with Crippen molar-refractivity contribution in [3.8, 4) is 11.5 Å². The van der Waals surface area contributed by atoms with Crippen LogP contribution >= 0.6 is 0 Å². The van der Waals surface area contributed by atoms with Gasteiger partial charge < -0.3 is 24.1 Å². The first-order chi connectivity index (χ1) is 14.8. The molecule has 2 aromatic carbocycles. The number of hydrogen-bond acceptors (Lipinski definition) is 6. The molecule has 0 saturated carbocycles. The van der Waals surface area contributed by atoms with Crippen molar-refractivity contribution in [1.82, 2.24) is 4.90 Å². The van der Waals surface area contributed by atoms with E-state index in [4.69, 9.17) is 13.9 Å². The summed E-state index contributed by atoms with van der Waals surface area (Å²) in [5.74, 6) is 0.167. The first kappa shape index (κ1) is 21.9. The SMILES string of the molecule is CCc1cc(=O)oc2cc(OCC(=O)Nc3ccc(OC)c(C(=O)N(C)C)c3)ccc12. The quantitative estimate of drug-likeness (QED) is 0.586. The highest BCUT2D eigenvalue weighted by molar-refractivity contribution is 5.99. The van der Waals surface area contributed by atoms with E-state index < -0.39 is 11.5 Å². The fourth-order valence-electron chi connectivity index (χ4n) is 3.13. The third kappa shape index (κ3) is 5.03. The molecule has 0 saturated heterocycles. The number of benzene rings is 2. The van der Waals surface area contributed by atoms with E-state index in [1.165, 1.54) is 18.1 Å². The van der Waals surface area contributed by atoms with Crippen molar-refractivity contribution in [1.29, 1.82) is 0 Å². The Morgan fingerprint density at radius 2 is 1.87 bits per heavy atom. The third-order valence-electron chi connectivity index (χ3n) is 4.67. The molecule has 0 radical (unpaired) electrons. The first-order valence-corrected chi connectivity index (χ1v) is 9.71. The molecule has 0 aliphatic heterocycles. The number of aryl methyl sites for hydroxylation is 1. The molecule has 0 unspecified atom stereocenters.